The van der Waals surface area contributed by atoms with Crippen molar-refractivity contribution in [3.8, 4) is 5.75 Å². The van der Waals surface area contributed by atoms with Crippen molar-refractivity contribution < 1.29 is 47.1 Å². The lowest BCUT2D eigenvalue weighted by molar-refractivity contribution is -0.0220. The van der Waals surface area contributed by atoms with Crippen molar-refractivity contribution in [3.05, 3.63) is 29.8 Å². The molecule has 0 heterocycles. The van der Waals surface area contributed by atoms with Crippen LogP contribution in [0.5, 0.6) is 5.75 Å². The van der Waals surface area contributed by atoms with Crippen LogP contribution in [0, 0.1) is 0 Å². The van der Waals surface area contributed by atoms with E-state index in [1.807, 2.05) is 0 Å². The van der Waals surface area contributed by atoms with E-state index in [1.54, 1.807) is 24.3 Å². The highest BCUT2D eigenvalue weighted by atomic mass is 28.4. The van der Waals surface area contributed by atoms with E-state index in [0.717, 1.165) is 6.29 Å². The molecule has 0 aliphatic heterocycles. The fourth-order valence-electron chi connectivity index (χ4n) is 2.85. The minimum Gasteiger partial charge on any atom is -0.491 e. The van der Waals surface area contributed by atoms with Crippen LogP contribution in [-0.2, 0) is 37.6 Å². The Hall–Kier alpha value is -1.41. The van der Waals surface area contributed by atoms with E-state index in [2.05, 4.69) is 33.9 Å². The van der Waals surface area contributed by atoms with Gasteiger partial charge in [0.25, 0.3) is 0 Å². The van der Waals surface area contributed by atoms with Gasteiger partial charge in [0.1, 0.15) is 18.6 Å². The summed E-state index contributed by atoms with van der Waals surface area (Å²) >= 11 is 0. The summed E-state index contributed by atoms with van der Waals surface area (Å²) in [5.41, 5.74) is 0.622. The van der Waals surface area contributed by atoms with Gasteiger partial charge in [-0.3, -0.25) is 4.79 Å². The predicted molar refractivity (Wildman–Crippen MR) is 156 cm³/mol. The molecular weight excluding hydrogens is 536 g/mol. The molecule has 0 N–H and O–H groups in total. The van der Waals surface area contributed by atoms with Gasteiger partial charge in [-0.1, -0.05) is 20.8 Å². The van der Waals surface area contributed by atoms with Gasteiger partial charge in [0, 0.05) is 5.56 Å². The first-order valence-corrected chi connectivity index (χ1v) is 17.0. The maximum absolute atomic E-state index is 10.6. The van der Waals surface area contributed by atoms with Crippen molar-refractivity contribution in [1.82, 2.24) is 0 Å². The minimum absolute atomic E-state index is 0.217. The monoisotopic (exact) mass is 588 g/mol. The smallest absolute Gasteiger partial charge is 0.192 e. The number of carbonyl (C=O) groups is 1. The first kappa shape index (κ1) is 36.6. The van der Waals surface area contributed by atoms with Crippen LogP contribution in [0.25, 0.3) is 0 Å². The van der Waals surface area contributed by atoms with Crippen LogP contribution < -0.4 is 4.74 Å². The third kappa shape index (κ3) is 19.6. The van der Waals surface area contributed by atoms with E-state index >= 15 is 0 Å². The van der Waals surface area contributed by atoms with Crippen LogP contribution >= 0.6 is 0 Å². The second-order valence-electron chi connectivity index (χ2n) is 10.4. The Morgan fingerprint density at radius 1 is 0.550 bits per heavy atom. The zero-order valence-corrected chi connectivity index (χ0v) is 26.3. The Morgan fingerprint density at radius 2 is 0.875 bits per heavy atom. The molecule has 1 rings (SSSR count). The quantitative estimate of drug-likeness (QED) is 0.0851. The molecule has 0 aliphatic carbocycles. The number of ether oxygens (including phenoxy) is 8. The highest BCUT2D eigenvalue weighted by Gasteiger charge is 2.36. The molecule has 0 bridgehead atoms. The van der Waals surface area contributed by atoms with Gasteiger partial charge in [0.05, 0.1) is 99.1 Å². The molecule has 0 amide bonds. The lowest BCUT2D eigenvalue weighted by Gasteiger charge is -2.36. The predicted octanol–water partition coefficient (Wildman–Crippen LogP) is 4.02. The van der Waals surface area contributed by atoms with Crippen LogP contribution in [0.3, 0.4) is 0 Å². The molecule has 232 valence electrons. The van der Waals surface area contributed by atoms with Crippen molar-refractivity contribution in [3.63, 3.8) is 0 Å². The molecule has 1 aromatic rings. The summed E-state index contributed by atoms with van der Waals surface area (Å²) < 4.78 is 50.0. The van der Waals surface area contributed by atoms with Crippen LogP contribution in [0.2, 0.25) is 18.1 Å². The third-order valence-electron chi connectivity index (χ3n) is 6.24. The van der Waals surface area contributed by atoms with Gasteiger partial charge in [-0.05, 0) is 42.4 Å². The zero-order valence-electron chi connectivity index (χ0n) is 25.3. The van der Waals surface area contributed by atoms with Crippen LogP contribution in [-0.4, -0.2) is 120 Å². The number of aldehydes is 1. The Balaban J connectivity index is 1.71. The molecule has 10 nitrogen and oxygen atoms in total. The third-order valence-corrected chi connectivity index (χ3v) is 10.8. The van der Waals surface area contributed by atoms with Gasteiger partial charge in [0.2, 0.25) is 0 Å². The maximum Gasteiger partial charge on any atom is 0.192 e. The topological polar surface area (TPSA) is 100 Å². The molecule has 0 fully saturated rings. The van der Waals surface area contributed by atoms with Gasteiger partial charge in [-0.25, -0.2) is 0 Å². The van der Waals surface area contributed by atoms with E-state index in [9.17, 15) is 4.79 Å². The molecule has 0 saturated carbocycles. The van der Waals surface area contributed by atoms with E-state index in [4.69, 9.17) is 42.3 Å². The molecule has 40 heavy (non-hydrogen) atoms. The lowest BCUT2D eigenvalue weighted by atomic mass is 10.2. The lowest BCUT2D eigenvalue weighted by Crippen LogP contribution is -2.41. The van der Waals surface area contributed by atoms with Gasteiger partial charge in [-0.15, -0.1) is 0 Å². The first-order chi connectivity index (χ1) is 19.3. The van der Waals surface area contributed by atoms with Crippen molar-refractivity contribution >= 4 is 14.6 Å². The summed E-state index contributed by atoms with van der Waals surface area (Å²) in [4.78, 5) is 10.6. The summed E-state index contributed by atoms with van der Waals surface area (Å²) in [5.74, 6) is 0.709. The summed E-state index contributed by atoms with van der Waals surface area (Å²) in [6.45, 7) is 19.5. The van der Waals surface area contributed by atoms with Gasteiger partial charge < -0.3 is 42.3 Å². The zero-order chi connectivity index (χ0) is 29.4. The number of carbonyl (C=O) groups excluding carboxylic acids is 1. The molecule has 0 saturated heterocycles. The molecule has 0 aliphatic rings. The Morgan fingerprint density at radius 3 is 1.20 bits per heavy atom. The number of hydrogen-bond acceptors (Lipinski definition) is 10. The summed E-state index contributed by atoms with van der Waals surface area (Å²) in [6, 6.07) is 6.95. The van der Waals surface area contributed by atoms with Crippen LogP contribution in [0.4, 0.5) is 0 Å². The van der Waals surface area contributed by atoms with E-state index in [-0.39, 0.29) is 5.04 Å². The Labute approximate surface area is 242 Å². The molecule has 0 unspecified atom stereocenters. The standard InChI is InChI=1S/C29H52O10Si/c1-29(2,3)40(4,5)39-25-23-37-21-19-35-17-15-33-13-11-31-10-12-32-14-16-34-18-20-36-22-24-38-28-8-6-27(26-30)7-9-28/h6-9,26H,10-25H2,1-5H3. The summed E-state index contributed by atoms with van der Waals surface area (Å²) in [7, 11) is -1.69. The molecule has 0 radical (unpaired) electrons. The summed E-state index contributed by atoms with van der Waals surface area (Å²) in [5, 5.41) is 0.217. The molecule has 0 aromatic heterocycles. The van der Waals surface area contributed by atoms with Gasteiger partial charge in [-0.2, -0.15) is 0 Å². The van der Waals surface area contributed by atoms with Crippen molar-refractivity contribution in [2.45, 2.75) is 38.9 Å². The molecule has 0 atom stereocenters. The fourth-order valence-corrected chi connectivity index (χ4v) is 3.88. The van der Waals surface area contributed by atoms with Gasteiger partial charge in [0.15, 0.2) is 8.32 Å². The Bertz CT molecular complexity index is 725. The molecule has 11 heteroatoms. The maximum atomic E-state index is 10.6. The molecule has 1 aromatic carbocycles. The van der Waals surface area contributed by atoms with Crippen molar-refractivity contribution in [1.29, 1.82) is 0 Å². The SMILES string of the molecule is CC(C)(C)[Si](C)(C)OCCOCCOCCOCCOCCOCCOCCOCCOc1ccc(C=O)cc1. The number of hydrogen-bond donors (Lipinski definition) is 0. The number of rotatable bonds is 27. The first-order valence-electron chi connectivity index (χ1n) is 14.1. The van der Waals surface area contributed by atoms with Crippen molar-refractivity contribution in [2.24, 2.45) is 0 Å². The summed E-state index contributed by atoms with van der Waals surface area (Å²) in [6.07, 6.45) is 0.801. The highest BCUT2D eigenvalue weighted by Crippen LogP contribution is 2.36. The average Bonchev–Trinajstić information content (AvgIpc) is 2.92. The second kappa shape index (κ2) is 23.2. The Kier molecular flexibility index (Phi) is 21.2. The van der Waals surface area contributed by atoms with Crippen molar-refractivity contribution in [2.75, 3.05) is 106 Å². The van der Waals surface area contributed by atoms with E-state index in [0.29, 0.717) is 117 Å². The number of benzene rings is 1. The molecule has 0 spiro atoms. The van der Waals surface area contributed by atoms with E-state index < -0.39 is 8.32 Å². The highest BCUT2D eigenvalue weighted by molar-refractivity contribution is 6.74. The van der Waals surface area contributed by atoms with Gasteiger partial charge >= 0.3 is 0 Å². The van der Waals surface area contributed by atoms with E-state index in [1.165, 1.54) is 0 Å². The normalized spacial score (nSPS) is 12.1. The fraction of sp³-hybridized carbons (Fsp3) is 0.759. The van der Waals surface area contributed by atoms with Crippen LogP contribution in [0.15, 0.2) is 24.3 Å². The second-order valence-corrected chi connectivity index (χ2v) is 15.2. The van der Waals surface area contributed by atoms with Crippen LogP contribution in [0.1, 0.15) is 31.1 Å². The average molecular weight is 589 g/mol. The molecular formula is C29H52O10Si. The largest absolute Gasteiger partial charge is 0.491 e. The minimum atomic E-state index is -1.69.